The lowest BCUT2D eigenvalue weighted by Crippen LogP contribution is -2.43. The highest BCUT2D eigenvalue weighted by molar-refractivity contribution is 6.00. The highest BCUT2D eigenvalue weighted by Gasteiger charge is 2.30. The SMILES string of the molecule is Cc1cccc(NC(=O)CN(C)C(=O)C[C@@H]2Oc3ccccc3NC2=O)c1C. The Morgan fingerprint density at radius 3 is 2.68 bits per heavy atom. The van der Waals surface area contributed by atoms with Gasteiger partial charge in [0.2, 0.25) is 11.8 Å². The first kappa shape index (κ1) is 19.4. The minimum atomic E-state index is -0.924. The Morgan fingerprint density at radius 2 is 1.89 bits per heavy atom. The van der Waals surface area contributed by atoms with Crippen molar-refractivity contribution in [3.05, 3.63) is 53.6 Å². The van der Waals surface area contributed by atoms with Crippen LogP contribution in [0.2, 0.25) is 0 Å². The molecule has 2 N–H and O–H groups in total. The second-order valence-corrected chi connectivity index (χ2v) is 6.84. The predicted molar refractivity (Wildman–Crippen MR) is 106 cm³/mol. The third kappa shape index (κ3) is 4.31. The van der Waals surface area contributed by atoms with E-state index in [0.717, 1.165) is 16.8 Å². The molecule has 1 aliphatic rings. The van der Waals surface area contributed by atoms with Crippen LogP contribution < -0.4 is 15.4 Å². The standard InChI is InChI=1S/C21H23N3O4/c1-13-7-6-9-15(14(13)2)22-19(25)12-24(3)20(26)11-18-21(27)23-16-8-4-5-10-17(16)28-18/h4-10,18H,11-12H2,1-3H3,(H,22,25)(H,23,27)/t18-/m0/s1. The van der Waals surface area contributed by atoms with Crippen LogP contribution in [0.25, 0.3) is 0 Å². The molecule has 0 saturated carbocycles. The van der Waals surface area contributed by atoms with Crippen molar-refractivity contribution in [2.24, 2.45) is 0 Å². The maximum atomic E-state index is 12.5. The molecule has 1 aliphatic heterocycles. The molecule has 0 saturated heterocycles. The first-order valence-electron chi connectivity index (χ1n) is 9.01. The molecular formula is C21H23N3O4. The Hall–Kier alpha value is -3.35. The molecule has 0 unspecified atom stereocenters. The van der Waals surface area contributed by atoms with Gasteiger partial charge in [-0.25, -0.2) is 0 Å². The molecule has 0 aromatic heterocycles. The minimum absolute atomic E-state index is 0.114. The van der Waals surface area contributed by atoms with Crippen LogP contribution in [-0.4, -0.2) is 42.3 Å². The number of fused-ring (bicyclic) bond motifs is 1. The minimum Gasteiger partial charge on any atom is -0.478 e. The molecule has 28 heavy (non-hydrogen) atoms. The molecule has 1 heterocycles. The summed E-state index contributed by atoms with van der Waals surface area (Å²) in [5.41, 5.74) is 3.36. The molecule has 0 fully saturated rings. The van der Waals surface area contributed by atoms with Crippen molar-refractivity contribution in [1.29, 1.82) is 0 Å². The zero-order valence-electron chi connectivity index (χ0n) is 16.1. The van der Waals surface area contributed by atoms with Gasteiger partial charge in [-0.1, -0.05) is 24.3 Å². The maximum absolute atomic E-state index is 12.5. The number of anilines is 2. The van der Waals surface area contributed by atoms with E-state index in [4.69, 9.17) is 4.74 Å². The van der Waals surface area contributed by atoms with Gasteiger partial charge < -0.3 is 20.3 Å². The van der Waals surface area contributed by atoms with Crippen molar-refractivity contribution in [2.45, 2.75) is 26.4 Å². The van der Waals surface area contributed by atoms with E-state index in [-0.39, 0.29) is 30.7 Å². The summed E-state index contributed by atoms with van der Waals surface area (Å²) in [6.07, 6.45) is -1.07. The Morgan fingerprint density at radius 1 is 1.14 bits per heavy atom. The monoisotopic (exact) mass is 381 g/mol. The molecule has 0 aliphatic carbocycles. The van der Waals surface area contributed by atoms with E-state index in [9.17, 15) is 14.4 Å². The van der Waals surface area contributed by atoms with E-state index < -0.39 is 6.10 Å². The van der Waals surface area contributed by atoms with Crippen molar-refractivity contribution < 1.29 is 19.1 Å². The lowest BCUT2D eigenvalue weighted by Gasteiger charge is -2.26. The van der Waals surface area contributed by atoms with Gasteiger partial charge >= 0.3 is 0 Å². The number of aryl methyl sites for hydroxylation is 1. The molecule has 7 heteroatoms. The molecule has 146 valence electrons. The topological polar surface area (TPSA) is 87.7 Å². The van der Waals surface area contributed by atoms with Gasteiger partial charge in [0.15, 0.2) is 6.10 Å². The summed E-state index contributed by atoms with van der Waals surface area (Å²) < 4.78 is 5.63. The summed E-state index contributed by atoms with van der Waals surface area (Å²) in [6.45, 7) is 3.78. The lowest BCUT2D eigenvalue weighted by molar-refractivity contribution is -0.137. The van der Waals surface area contributed by atoms with E-state index in [1.54, 1.807) is 24.3 Å². The number of benzene rings is 2. The van der Waals surface area contributed by atoms with Crippen LogP contribution in [0.1, 0.15) is 17.5 Å². The smallest absolute Gasteiger partial charge is 0.266 e. The van der Waals surface area contributed by atoms with Crippen LogP contribution >= 0.6 is 0 Å². The van der Waals surface area contributed by atoms with Gasteiger partial charge in [0.1, 0.15) is 5.75 Å². The summed E-state index contributed by atoms with van der Waals surface area (Å²) in [7, 11) is 1.53. The van der Waals surface area contributed by atoms with Crippen molar-refractivity contribution in [3.8, 4) is 5.75 Å². The van der Waals surface area contributed by atoms with Gasteiger partial charge in [-0.05, 0) is 43.2 Å². The number of carbonyl (C=O) groups is 3. The summed E-state index contributed by atoms with van der Waals surface area (Å²) in [5.74, 6) is -0.505. The van der Waals surface area contributed by atoms with Gasteiger partial charge in [0, 0.05) is 12.7 Å². The lowest BCUT2D eigenvalue weighted by atomic mass is 10.1. The Labute approximate surface area is 163 Å². The molecule has 2 aromatic carbocycles. The fraction of sp³-hybridized carbons (Fsp3) is 0.286. The molecular weight excluding hydrogens is 358 g/mol. The molecule has 1 atom stereocenters. The van der Waals surface area contributed by atoms with Gasteiger partial charge in [0.25, 0.3) is 5.91 Å². The quantitative estimate of drug-likeness (QED) is 0.833. The highest BCUT2D eigenvalue weighted by Crippen LogP contribution is 2.29. The second-order valence-electron chi connectivity index (χ2n) is 6.84. The van der Waals surface area contributed by atoms with E-state index in [0.29, 0.717) is 11.4 Å². The van der Waals surface area contributed by atoms with Gasteiger partial charge in [-0.15, -0.1) is 0 Å². The number of nitrogens with one attached hydrogen (secondary N) is 2. The van der Waals surface area contributed by atoms with Crippen LogP contribution in [0.15, 0.2) is 42.5 Å². The van der Waals surface area contributed by atoms with Crippen molar-refractivity contribution in [1.82, 2.24) is 4.90 Å². The molecule has 3 rings (SSSR count). The van der Waals surface area contributed by atoms with Crippen LogP contribution in [-0.2, 0) is 14.4 Å². The largest absolute Gasteiger partial charge is 0.478 e. The number of hydrogen-bond donors (Lipinski definition) is 2. The fourth-order valence-corrected chi connectivity index (χ4v) is 2.92. The summed E-state index contributed by atoms with van der Waals surface area (Å²) in [6, 6.07) is 12.7. The van der Waals surface area contributed by atoms with Gasteiger partial charge in [0.05, 0.1) is 18.7 Å². The number of para-hydroxylation sites is 2. The Bertz CT molecular complexity index is 926. The summed E-state index contributed by atoms with van der Waals surface area (Å²) in [4.78, 5) is 38.2. The molecule has 0 radical (unpaired) electrons. The third-order valence-corrected chi connectivity index (χ3v) is 4.75. The van der Waals surface area contributed by atoms with Crippen molar-refractivity contribution >= 4 is 29.1 Å². The first-order valence-corrected chi connectivity index (χ1v) is 9.01. The zero-order chi connectivity index (χ0) is 20.3. The summed E-state index contributed by atoms with van der Waals surface area (Å²) >= 11 is 0. The van der Waals surface area contributed by atoms with E-state index in [1.165, 1.54) is 11.9 Å². The molecule has 7 nitrogen and oxygen atoms in total. The number of hydrogen-bond acceptors (Lipinski definition) is 4. The fourth-order valence-electron chi connectivity index (χ4n) is 2.92. The Kier molecular flexibility index (Phi) is 5.63. The number of likely N-dealkylation sites (N-methyl/N-ethyl adjacent to an activating group) is 1. The average molecular weight is 381 g/mol. The second kappa shape index (κ2) is 8.12. The molecule has 2 aromatic rings. The Balaban J connectivity index is 1.56. The summed E-state index contributed by atoms with van der Waals surface area (Å²) in [5, 5.41) is 5.54. The normalized spacial score (nSPS) is 15.1. The van der Waals surface area contributed by atoms with Crippen LogP contribution in [0.4, 0.5) is 11.4 Å². The number of rotatable bonds is 5. The van der Waals surface area contributed by atoms with E-state index in [2.05, 4.69) is 10.6 Å². The first-order chi connectivity index (χ1) is 13.3. The number of ether oxygens (including phenoxy) is 1. The van der Waals surface area contributed by atoms with E-state index in [1.807, 2.05) is 32.0 Å². The van der Waals surface area contributed by atoms with Crippen LogP contribution in [0.3, 0.4) is 0 Å². The number of carbonyl (C=O) groups excluding carboxylic acids is 3. The van der Waals surface area contributed by atoms with Crippen molar-refractivity contribution in [3.63, 3.8) is 0 Å². The van der Waals surface area contributed by atoms with Crippen LogP contribution in [0, 0.1) is 13.8 Å². The van der Waals surface area contributed by atoms with Crippen LogP contribution in [0.5, 0.6) is 5.75 Å². The average Bonchev–Trinajstić information content (AvgIpc) is 2.66. The number of nitrogens with zero attached hydrogens (tertiary/aromatic N) is 1. The van der Waals surface area contributed by atoms with E-state index >= 15 is 0 Å². The molecule has 3 amide bonds. The molecule has 0 spiro atoms. The maximum Gasteiger partial charge on any atom is 0.266 e. The predicted octanol–water partition coefficient (Wildman–Crippen LogP) is 2.49. The third-order valence-electron chi connectivity index (χ3n) is 4.75. The van der Waals surface area contributed by atoms with Gasteiger partial charge in [-0.2, -0.15) is 0 Å². The van der Waals surface area contributed by atoms with Gasteiger partial charge in [-0.3, -0.25) is 14.4 Å². The zero-order valence-corrected chi connectivity index (χ0v) is 16.1. The van der Waals surface area contributed by atoms with Crippen molar-refractivity contribution in [2.75, 3.05) is 24.2 Å². The highest BCUT2D eigenvalue weighted by atomic mass is 16.5. The number of amides is 3. The molecule has 0 bridgehead atoms.